The molecule has 7 heteroatoms. The van der Waals surface area contributed by atoms with E-state index in [1.165, 1.54) is 0 Å². The van der Waals surface area contributed by atoms with Gasteiger partial charge in [-0.3, -0.25) is 11.8 Å². The first kappa shape index (κ1) is 14.8. The van der Waals surface area contributed by atoms with Gasteiger partial charge in [-0.1, -0.05) is 6.07 Å². The summed E-state index contributed by atoms with van der Waals surface area (Å²) in [7, 11) is 3.50. The third-order valence-electron chi connectivity index (χ3n) is 1.72. The molecule has 0 spiro atoms. The van der Waals surface area contributed by atoms with Crippen LogP contribution in [-0.2, 0) is 53.8 Å². The average Bonchev–Trinajstić information content (AvgIpc) is 2.43. The molecule has 1 radical (unpaired) electrons. The Hall–Kier alpha value is -0.248. The summed E-state index contributed by atoms with van der Waals surface area (Å²) in [5, 5.41) is 7.87. The van der Waals surface area contributed by atoms with Crippen LogP contribution in [0.25, 0.3) is 11.0 Å². The van der Waals surface area contributed by atoms with Crippen LogP contribution in [0.3, 0.4) is 0 Å². The van der Waals surface area contributed by atoms with Gasteiger partial charge in [0.1, 0.15) is 11.0 Å². The van der Waals surface area contributed by atoms with Gasteiger partial charge >= 0.3 is 0 Å². The molecule has 1 aromatic heterocycles. The predicted molar refractivity (Wildman–Crippen MR) is 46.8 cm³/mol. The Morgan fingerprint density at radius 2 is 2.07 bits per heavy atom. The number of aromatic nitrogens is 3. The van der Waals surface area contributed by atoms with Crippen molar-refractivity contribution in [3.8, 4) is 0 Å². The summed E-state index contributed by atoms with van der Waals surface area (Å²) in [6, 6.07) is 5.06. The Balaban J connectivity index is 0.000000980. The number of rotatable bonds is 1. The molecule has 2 aromatic rings. The molecule has 0 aliphatic rings. The maximum absolute atomic E-state index is 10.9. The largest absolute Gasteiger partial charge is 0.366 e. The molecule has 0 saturated heterocycles. The minimum absolute atomic E-state index is 0. The fourth-order valence-corrected chi connectivity index (χ4v) is 1.18. The van der Waals surface area contributed by atoms with Gasteiger partial charge in [-0.05, 0) is 12.1 Å². The number of primary amides is 1. The first-order valence-electron chi connectivity index (χ1n) is 3.65. The van der Waals surface area contributed by atoms with Crippen LogP contribution < -0.4 is 5.73 Å². The number of nitrogens with zero attached hydrogens (tertiary/aromatic N) is 3. The minimum Gasteiger partial charge on any atom is -0.366 e. The number of fused-ring (bicyclic) bond motifs is 1. The molecule has 0 bridgehead atoms. The van der Waals surface area contributed by atoms with Gasteiger partial charge in [0.05, 0.1) is 5.56 Å². The van der Waals surface area contributed by atoms with E-state index in [0.717, 1.165) is 4.80 Å². The molecule has 0 unspecified atom stereocenters. The van der Waals surface area contributed by atoms with Crippen LogP contribution in [0, 0.1) is 7.05 Å². The third-order valence-corrected chi connectivity index (χ3v) is 1.72. The number of hydrogen-bond acceptors (Lipinski definition) is 3. The van der Waals surface area contributed by atoms with Gasteiger partial charge in [0.15, 0.2) is 0 Å². The second-order valence-corrected chi connectivity index (χ2v) is 2.61. The van der Waals surface area contributed by atoms with Crippen molar-refractivity contribution in [1.82, 2.24) is 15.0 Å². The van der Waals surface area contributed by atoms with Crippen molar-refractivity contribution in [1.29, 1.82) is 0 Å². The fraction of sp³-hybridized carbons (Fsp3) is 0. The monoisotopic (exact) mass is 448 g/mol. The van der Waals surface area contributed by atoms with E-state index in [1.54, 1.807) is 18.2 Å². The zero-order chi connectivity index (χ0) is 9.42. The van der Waals surface area contributed by atoms with Crippen LogP contribution >= 0.6 is 0 Å². The molecule has 2 rings (SSSR count). The maximum atomic E-state index is 10.9. The van der Waals surface area contributed by atoms with Gasteiger partial charge in [0, 0.05) is 53.8 Å². The Morgan fingerprint density at radius 3 is 2.67 bits per heavy atom. The van der Waals surface area contributed by atoms with Crippen LogP contribution in [0.15, 0.2) is 18.2 Å². The quantitative estimate of drug-likeness (QED) is 0.633. The summed E-state index contributed by atoms with van der Waals surface area (Å²) in [5.74, 6) is -0.508. The van der Waals surface area contributed by atoms with Crippen molar-refractivity contribution in [2.24, 2.45) is 5.73 Å². The number of hydrogen-bond donors (Lipinski definition) is 1. The van der Waals surface area contributed by atoms with E-state index >= 15 is 0 Å². The Kier molecular flexibility index (Phi) is 5.64. The molecule has 2 N–H and O–H groups in total. The zero-order valence-electron chi connectivity index (χ0n) is 7.75. The molecule has 0 aliphatic heterocycles. The van der Waals surface area contributed by atoms with Gasteiger partial charge in [0.2, 0.25) is 0 Å². The van der Waals surface area contributed by atoms with E-state index in [0.29, 0.717) is 16.6 Å². The van der Waals surface area contributed by atoms with Gasteiger partial charge < -0.3 is 10.5 Å². The van der Waals surface area contributed by atoms with Crippen LogP contribution in [0.1, 0.15) is 10.4 Å². The Morgan fingerprint density at radius 1 is 1.40 bits per heavy atom. The molecule has 0 fully saturated rings. The Bertz CT molecular complexity index is 484. The van der Waals surface area contributed by atoms with E-state index in [-0.39, 0.29) is 53.8 Å². The second-order valence-electron chi connectivity index (χ2n) is 2.61. The van der Waals surface area contributed by atoms with E-state index in [1.807, 2.05) is 0 Å². The van der Waals surface area contributed by atoms with Crippen LogP contribution in [-0.4, -0.2) is 20.9 Å². The van der Waals surface area contributed by atoms with E-state index < -0.39 is 5.91 Å². The van der Waals surface area contributed by atoms with Crippen LogP contribution in [0.2, 0.25) is 0 Å². The Labute approximate surface area is 126 Å². The first-order chi connectivity index (χ1) is 6.18. The fourth-order valence-electron chi connectivity index (χ4n) is 1.18. The number of carbonyl (C=O) groups is 1. The number of nitrogens with two attached hydrogens (primary N) is 1. The molecule has 75 valence electrons. The standard InChI is InChI=1S/C8H7N4O.W.Y/c1-12-10-6-4-2-3-5(8(9)13)7(6)11-12;;/h2-4H,1H2,(H2,9,13);;/q-1;;. The average molecular weight is 448 g/mol. The molecular weight excluding hydrogens is 441 g/mol. The predicted octanol–water partition coefficient (Wildman–Crippen LogP) is 0.165. The molecule has 0 aliphatic carbocycles. The van der Waals surface area contributed by atoms with Crippen molar-refractivity contribution in [2.75, 3.05) is 0 Å². The van der Waals surface area contributed by atoms with E-state index in [4.69, 9.17) is 5.73 Å². The summed E-state index contributed by atoms with van der Waals surface area (Å²) >= 11 is 0. The molecule has 15 heavy (non-hydrogen) atoms. The van der Waals surface area contributed by atoms with Crippen molar-refractivity contribution < 1.29 is 58.6 Å². The number of benzene rings is 1. The molecule has 1 aromatic carbocycles. The van der Waals surface area contributed by atoms with Gasteiger partial charge in [-0.15, -0.1) is 0 Å². The smallest absolute Gasteiger partial charge is 0.251 e. The summed E-state index contributed by atoms with van der Waals surface area (Å²) in [6.45, 7) is 0. The summed E-state index contributed by atoms with van der Waals surface area (Å²) in [5.41, 5.74) is 6.63. The zero-order valence-corrected chi connectivity index (χ0v) is 13.5. The van der Waals surface area contributed by atoms with Crippen LogP contribution in [0.5, 0.6) is 0 Å². The summed E-state index contributed by atoms with van der Waals surface area (Å²) < 4.78 is 0. The van der Waals surface area contributed by atoms with Crippen molar-refractivity contribution in [3.63, 3.8) is 0 Å². The molecule has 5 nitrogen and oxygen atoms in total. The number of amides is 1. The molecular formula is C8H7N4OWY-. The normalized spacial score (nSPS) is 9.07. The summed E-state index contributed by atoms with van der Waals surface area (Å²) in [4.78, 5) is 12.1. The number of carbonyl (C=O) groups excluding carboxylic acids is 1. The molecule has 0 atom stereocenters. The minimum atomic E-state index is -0.508. The third kappa shape index (κ3) is 2.86. The second kappa shape index (κ2) is 5.73. The van der Waals surface area contributed by atoms with Crippen molar-refractivity contribution in [3.05, 3.63) is 30.8 Å². The topological polar surface area (TPSA) is 73.8 Å². The van der Waals surface area contributed by atoms with Gasteiger partial charge in [-0.25, -0.2) is 0 Å². The molecule has 1 heterocycles. The van der Waals surface area contributed by atoms with Crippen molar-refractivity contribution in [2.45, 2.75) is 0 Å². The SMILES string of the molecule is [CH2-]n1nc2cccc(C(N)=O)c2n1.[W].[Y]. The van der Waals surface area contributed by atoms with Crippen molar-refractivity contribution >= 4 is 16.9 Å². The van der Waals surface area contributed by atoms with Gasteiger partial charge in [-0.2, -0.15) is 10.2 Å². The summed E-state index contributed by atoms with van der Waals surface area (Å²) in [6.07, 6.45) is 0. The van der Waals surface area contributed by atoms with Crippen LogP contribution in [0.4, 0.5) is 0 Å². The maximum Gasteiger partial charge on any atom is 0.251 e. The molecule has 0 saturated carbocycles. The van der Waals surface area contributed by atoms with Gasteiger partial charge in [0.25, 0.3) is 5.91 Å². The van der Waals surface area contributed by atoms with E-state index in [2.05, 4.69) is 17.2 Å². The van der Waals surface area contributed by atoms with E-state index in [9.17, 15) is 4.79 Å². The first-order valence-corrected chi connectivity index (χ1v) is 3.65. The molecule has 1 amide bonds.